The van der Waals surface area contributed by atoms with Crippen molar-refractivity contribution < 1.29 is 4.92 Å². The van der Waals surface area contributed by atoms with Crippen molar-refractivity contribution in [2.75, 3.05) is 5.32 Å². The minimum absolute atomic E-state index is 0.208. The minimum Gasteiger partial charge on any atom is -0.377 e. The molecule has 1 N–H and O–H groups in total. The number of aryl methyl sites for hydroxylation is 1. The Morgan fingerprint density at radius 2 is 2.00 bits per heavy atom. The molecule has 0 radical (unpaired) electrons. The van der Waals surface area contributed by atoms with Gasteiger partial charge in [0, 0.05) is 11.6 Å². The molecule has 0 saturated heterocycles. The van der Waals surface area contributed by atoms with Crippen LogP contribution in [0.25, 0.3) is 0 Å². The van der Waals surface area contributed by atoms with Crippen LogP contribution in [0.1, 0.15) is 51.5 Å². The van der Waals surface area contributed by atoms with Crippen molar-refractivity contribution in [3.05, 3.63) is 33.9 Å². The molecule has 19 heavy (non-hydrogen) atoms. The highest BCUT2D eigenvalue weighted by Crippen LogP contribution is 2.29. The normalized spacial score (nSPS) is 12.2. The molecule has 4 heteroatoms. The van der Waals surface area contributed by atoms with E-state index in [-0.39, 0.29) is 10.6 Å². The summed E-state index contributed by atoms with van der Waals surface area (Å²) in [5.41, 5.74) is 1.57. The summed E-state index contributed by atoms with van der Waals surface area (Å²) in [6.07, 6.45) is 5.50. The molecule has 1 aromatic rings. The number of rotatable bonds is 8. The predicted octanol–water partition coefficient (Wildman–Crippen LogP) is 4.67. The van der Waals surface area contributed by atoms with Crippen LogP contribution in [0.3, 0.4) is 0 Å². The maximum atomic E-state index is 11.2. The molecule has 106 valence electrons. The molecule has 1 atom stereocenters. The van der Waals surface area contributed by atoms with E-state index in [1.165, 1.54) is 0 Å². The van der Waals surface area contributed by atoms with Gasteiger partial charge in [0.15, 0.2) is 0 Å². The lowest BCUT2D eigenvalue weighted by Gasteiger charge is -2.19. The Balaban J connectivity index is 2.89. The quantitative estimate of drug-likeness (QED) is 0.548. The first-order valence-corrected chi connectivity index (χ1v) is 7.10. The Labute approximate surface area is 115 Å². The van der Waals surface area contributed by atoms with Crippen LogP contribution in [-0.2, 0) is 0 Å². The number of hydrogen-bond donors (Lipinski definition) is 1. The smallest absolute Gasteiger partial charge is 0.295 e. The lowest BCUT2D eigenvalue weighted by Crippen LogP contribution is -2.20. The third-order valence-electron chi connectivity index (χ3n) is 3.32. The average molecular weight is 264 g/mol. The molecule has 1 unspecified atom stereocenters. The summed E-state index contributed by atoms with van der Waals surface area (Å²) in [5.74, 6) is 0. The van der Waals surface area contributed by atoms with Gasteiger partial charge in [0.25, 0.3) is 5.69 Å². The second-order valence-electron chi connectivity index (χ2n) is 5.00. The lowest BCUT2D eigenvalue weighted by atomic mass is 10.0. The monoisotopic (exact) mass is 264 g/mol. The number of nitro groups is 1. The number of anilines is 1. The van der Waals surface area contributed by atoms with Gasteiger partial charge in [-0.1, -0.05) is 45.2 Å². The summed E-state index contributed by atoms with van der Waals surface area (Å²) >= 11 is 0. The van der Waals surface area contributed by atoms with Gasteiger partial charge in [0.1, 0.15) is 5.69 Å². The SMILES string of the molecule is CCCCC(CCC)Nc1cccc(C)c1[N+](=O)[O-]. The number of unbranched alkanes of at least 4 members (excludes halogenated alkanes) is 1. The van der Waals surface area contributed by atoms with E-state index in [0.29, 0.717) is 17.3 Å². The van der Waals surface area contributed by atoms with Crippen molar-refractivity contribution in [1.29, 1.82) is 0 Å². The van der Waals surface area contributed by atoms with Crippen LogP contribution >= 0.6 is 0 Å². The Hall–Kier alpha value is -1.58. The molecule has 0 aliphatic rings. The average Bonchev–Trinajstić information content (AvgIpc) is 2.35. The second kappa shape index (κ2) is 7.77. The van der Waals surface area contributed by atoms with Gasteiger partial charge in [0.2, 0.25) is 0 Å². The van der Waals surface area contributed by atoms with E-state index in [2.05, 4.69) is 19.2 Å². The largest absolute Gasteiger partial charge is 0.377 e. The fraction of sp³-hybridized carbons (Fsp3) is 0.600. The molecule has 0 heterocycles. The zero-order chi connectivity index (χ0) is 14.3. The third kappa shape index (κ3) is 4.54. The summed E-state index contributed by atoms with van der Waals surface area (Å²) in [5, 5.41) is 14.5. The van der Waals surface area contributed by atoms with Gasteiger partial charge >= 0.3 is 0 Å². The molecule has 1 aromatic carbocycles. The molecule has 0 fully saturated rings. The third-order valence-corrected chi connectivity index (χ3v) is 3.32. The molecular formula is C15H24N2O2. The van der Waals surface area contributed by atoms with Gasteiger partial charge < -0.3 is 5.32 Å². The maximum absolute atomic E-state index is 11.2. The maximum Gasteiger partial charge on any atom is 0.295 e. The minimum atomic E-state index is -0.291. The van der Waals surface area contributed by atoms with Crippen molar-refractivity contribution >= 4 is 11.4 Å². The molecule has 4 nitrogen and oxygen atoms in total. The first-order chi connectivity index (χ1) is 9.10. The van der Waals surface area contributed by atoms with Crippen LogP contribution < -0.4 is 5.32 Å². The fourth-order valence-corrected chi connectivity index (χ4v) is 2.33. The molecule has 0 aliphatic carbocycles. The van der Waals surface area contributed by atoms with Gasteiger partial charge in [-0.3, -0.25) is 10.1 Å². The van der Waals surface area contributed by atoms with Crippen LogP contribution in [0.2, 0.25) is 0 Å². The van der Waals surface area contributed by atoms with Gasteiger partial charge in [-0.05, 0) is 25.8 Å². The Morgan fingerprint density at radius 3 is 2.58 bits per heavy atom. The second-order valence-corrected chi connectivity index (χ2v) is 5.00. The Bertz CT molecular complexity index is 419. The van der Waals surface area contributed by atoms with Crippen molar-refractivity contribution in [3.63, 3.8) is 0 Å². The van der Waals surface area contributed by atoms with Gasteiger partial charge in [-0.2, -0.15) is 0 Å². The number of hydrogen-bond acceptors (Lipinski definition) is 3. The molecule has 0 bridgehead atoms. The van der Waals surface area contributed by atoms with E-state index < -0.39 is 0 Å². The van der Waals surface area contributed by atoms with Gasteiger partial charge in [0.05, 0.1) is 4.92 Å². The Morgan fingerprint density at radius 1 is 1.26 bits per heavy atom. The zero-order valence-electron chi connectivity index (χ0n) is 12.1. The highest BCUT2D eigenvalue weighted by molar-refractivity contribution is 5.65. The van der Waals surface area contributed by atoms with E-state index >= 15 is 0 Å². The summed E-state index contributed by atoms with van der Waals surface area (Å²) < 4.78 is 0. The van der Waals surface area contributed by atoms with Gasteiger partial charge in [-0.25, -0.2) is 0 Å². The standard InChI is InChI=1S/C15H24N2O2/c1-4-6-10-13(8-5-2)16-14-11-7-9-12(3)15(14)17(18)19/h7,9,11,13,16H,4-6,8,10H2,1-3H3. The van der Waals surface area contributed by atoms with Crippen molar-refractivity contribution in [3.8, 4) is 0 Å². The molecule has 0 amide bonds. The molecule has 0 spiro atoms. The predicted molar refractivity (Wildman–Crippen MR) is 79.7 cm³/mol. The van der Waals surface area contributed by atoms with E-state index in [9.17, 15) is 10.1 Å². The van der Waals surface area contributed by atoms with Crippen LogP contribution in [0, 0.1) is 17.0 Å². The summed E-state index contributed by atoms with van der Waals surface area (Å²) in [7, 11) is 0. The van der Waals surface area contributed by atoms with Crippen molar-refractivity contribution in [2.24, 2.45) is 0 Å². The topological polar surface area (TPSA) is 55.2 Å². The number of para-hydroxylation sites is 1. The molecule has 1 rings (SSSR count). The highest BCUT2D eigenvalue weighted by Gasteiger charge is 2.18. The van der Waals surface area contributed by atoms with Crippen LogP contribution in [0.5, 0.6) is 0 Å². The fourth-order valence-electron chi connectivity index (χ4n) is 2.33. The highest BCUT2D eigenvalue weighted by atomic mass is 16.6. The molecular weight excluding hydrogens is 240 g/mol. The summed E-state index contributed by atoms with van der Waals surface area (Å²) in [6, 6.07) is 5.78. The van der Waals surface area contributed by atoms with Gasteiger partial charge in [-0.15, -0.1) is 0 Å². The van der Waals surface area contributed by atoms with Crippen LogP contribution in [0.4, 0.5) is 11.4 Å². The molecule has 0 aromatic heterocycles. The summed E-state index contributed by atoms with van der Waals surface area (Å²) in [4.78, 5) is 10.9. The van der Waals surface area contributed by atoms with Crippen LogP contribution in [0.15, 0.2) is 18.2 Å². The van der Waals surface area contributed by atoms with Crippen molar-refractivity contribution in [1.82, 2.24) is 0 Å². The first kappa shape index (κ1) is 15.5. The number of nitrogens with one attached hydrogen (secondary N) is 1. The van der Waals surface area contributed by atoms with E-state index in [1.807, 2.05) is 6.07 Å². The number of benzene rings is 1. The van der Waals surface area contributed by atoms with Crippen molar-refractivity contribution in [2.45, 2.75) is 58.9 Å². The van der Waals surface area contributed by atoms with E-state index in [0.717, 1.165) is 32.1 Å². The van der Waals surface area contributed by atoms with E-state index in [4.69, 9.17) is 0 Å². The summed E-state index contributed by atoms with van der Waals surface area (Å²) in [6.45, 7) is 6.09. The van der Waals surface area contributed by atoms with Crippen LogP contribution in [-0.4, -0.2) is 11.0 Å². The first-order valence-electron chi connectivity index (χ1n) is 7.10. The lowest BCUT2D eigenvalue weighted by molar-refractivity contribution is -0.384. The number of nitrogens with zero attached hydrogens (tertiary/aromatic N) is 1. The number of nitro benzene ring substituents is 1. The Kier molecular flexibility index (Phi) is 6.33. The zero-order valence-corrected chi connectivity index (χ0v) is 12.1. The molecule has 0 saturated carbocycles. The van der Waals surface area contributed by atoms with E-state index in [1.54, 1.807) is 19.1 Å². The molecule has 0 aliphatic heterocycles.